The summed E-state index contributed by atoms with van der Waals surface area (Å²) in [7, 11) is -3.50. The van der Waals surface area contributed by atoms with Crippen molar-refractivity contribution in [1.82, 2.24) is 4.72 Å². The van der Waals surface area contributed by atoms with Crippen LogP contribution < -0.4 is 4.72 Å². The lowest BCUT2D eigenvalue weighted by Gasteiger charge is -2.17. The number of nitrogens with zero attached hydrogens (tertiary/aromatic N) is 1. The number of hydrogen-bond donors (Lipinski definition) is 1. The lowest BCUT2D eigenvalue weighted by atomic mass is 10.1. The first-order valence-electron chi connectivity index (χ1n) is 5.23. The molecule has 0 saturated heterocycles. The fourth-order valence-electron chi connectivity index (χ4n) is 1.42. The van der Waals surface area contributed by atoms with Crippen molar-refractivity contribution in [1.29, 1.82) is 5.26 Å². The lowest BCUT2D eigenvalue weighted by molar-refractivity contribution is 0.535. The maximum Gasteiger partial charge on any atom is 0.217 e. The van der Waals surface area contributed by atoms with Gasteiger partial charge in [0.2, 0.25) is 10.0 Å². The van der Waals surface area contributed by atoms with E-state index in [0.717, 1.165) is 11.1 Å². The predicted molar refractivity (Wildman–Crippen MR) is 66.6 cm³/mol. The van der Waals surface area contributed by atoms with Gasteiger partial charge in [0, 0.05) is 0 Å². The van der Waals surface area contributed by atoms with Crippen LogP contribution in [-0.2, 0) is 15.8 Å². The molecule has 0 fully saturated rings. The Morgan fingerprint density at radius 2 is 1.94 bits per heavy atom. The number of rotatable bonds is 4. The third kappa shape index (κ3) is 4.17. The summed E-state index contributed by atoms with van der Waals surface area (Å²) in [6.07, 6.45) is 0. The number of nitriles is 1. The number of benzene rings is 1. The van der Waals surface area contributed by atoms with Crippen molar-refractivity contribution in [3.05, 3.63) is 35.4 Å². The zero-order chi connectivity index (χ0) is 13.1. The molecule has 0 amide bonds. The molecule has 92 valence electrons. The van der Waals surface area contributed by atoms with Gasteiger partial charge in [-0.1, -0.05) is 24.3 Å². The number of sulfonamides is 1. The van der Waals surface area contributed by atoms with Gasteiger partial charge in [0.25, 0.3) is 0 Å². The molecule has 1 aromatic carbocycles. The maximum absolute atomic E-state index is 11.9. The monoisotopic (exact) mass is 252 g/mol. The molecule has 0 spiro atoms. The van der Waals surface area contributed by atoms with Crippen LogP contribution in [0.15, 0.2) is 24.3 Å². The van der Waals surface area contributed by atoms with Crippen LogP contribution in [-0.4, -0.2) is 14.0 Å². The molecule has 0 atom stereocenters. The minimum absolute atomic E-state index is 0.106. The number of hydrogen-bond acceptors (Lipinski definition) is 3. The highest BCUT2D eigenvalue weighted by molar-refractivity contribution is 7.88. The second-order valence-electron chi connectivity index (χ2n) is 4.52. The van der Waals surface area contributed by atoms with Gasteiger partial charge in [0.15, 0.2) is 0 Å². The quantitative estimate of drug-likeness (QED) is 0.887. The SMILES string of the molecule is Cc1ccccc1CS(=O)(=O)NC(C)(C)C#N. The Balaban J connectivity index is 2.90. The molecule has 0 aliphatic carbocycles. The normalized spacial score (nSPS) is 12.1. The zero-order valence-electron chi connectivity index (χ0n) is 10.2. The van der Waals surface area contributed by atoms with Crippen molar-refractivity contribution in [2.45, 2.75) is 32.1 Å². The first-order valence-corrected chi connectivity index (χ1v) is 6.88. The first kappa shape index (κ1) is 13.7. The van der Waals surface area contributed by atoms with Gasteiger partial charge in [-0.05, 0) is 31.9 Å². The van der Waals surface area contributed by atoms with E-state index < -0.39 is 15.6 Å². The molecule has 0 aliphatic rings. The van der Waals surface area contributed by atoms with Crippen molar-refractivity contribution in [3.63, 3.8) is 0 Å². The molecule has 17 heavy (non-hydrogen) atoms. The molecular weight excluding hydrogens is 236 g/mol. The number of nitrogens with one attached hydrogen (secondary N) is 1. The highest BCUT2D eigenvalue weighted by Crippen LogP contribution is 2.12. The van der Waals surface area contributed by atoms with Gasteiger partial charge >= 0.3 is 0 Å². The van der Waals surface area contributed by atoms with Gasteiger partial charge in [-0.2, -0.15) is 9.98 Å². The second kappa shape index (κ2) is 4.86. The average molecular weight is 252 g/mol. The minimum atomic E-state index is -3.50. The molecule has 0 aromatic heterocycles. The lowest BCUT2D eigenvalue weighted by Crippen LogP contribution is -2.42. The van der Waals surface area contributed by atoms with Crippen LogP contribution in [0, 0.1) is 18.3 Å². The molecule has 0 aliphatic heterocycles. The van der Waals surface area contributed by atoms with Gasteiger partial charge in [0.1, 0.15) is 5.54 Å². The summed E-state index contributed by atoms with van der Waals surface area (Å²) < 4.78 is 26.1. The molecule has 4 nitrogen and oxygen atoms in total. The van der Waals surface area contributed by atoms with E-state index in [9.17, 15) is 8.42 Å². The Labute approximate surface area is 102 Å². The van der Waals surface area contributed by atoms with Gasteiger partial charge < -0.3 is 0 Å². The summed E-state index contributed by atoms with van der Waals surface area (Å²) in [6.45, 7) is 4.92. The second-order valence-corrected chi connectivity index (χ2v) is 6.25. The van der Waals surface area contributed by atoms with E-state index in [1.807, 2.05) is 25.1 Å². The van der Waals surface area contributed by atoms with E-state index in [0.29, 0.717) is 0 Å². The fraction of sp³-hybridized carbons (Fsp3) is 0.417. The fourth-order valence-corrected chi connectivity index (χ4v) is 3.05. The van der Waals surface area contributed by atoms with Crippen LogP contribution in [0.1, 0.15) is 25.0 Å². The third-order valence-electron chi connectivity index (χ3n) is 2.30. The van der Waals surface area contributed by atoms with Crippen molar-refractivity contribution < 1.29 is 8.42 Å². The van der Waals surface area contributed by atoms with Crippen LogP contribution in [0.5, 0.6) is 0 Å². The van der Waals surface area contributed by atoms with Gasteiger partial charge in [-0.15, -0.1) is 0 Å². The smallest absolute Gasteiger partial charge is 0.212 e. The van der Waals surface area contributed by atoms with Gasteiger partial charge in [0.05, 0.1) is 11.8 Å². The highest BCUT2D eigenvalue weighted by atomic mass is 32.2. The van der Waals surface area contributed by atoms with Crippen molar-refractivity contribution in [3.8, 4) is 6.07 Å². The van der Waals surface area contributed by atoms with Crippen molar-refractivity contribution in [2.24, 2.45) is 0 Å². The molecule has 0 unspecified atom stereocenters. The Bertz CT molecular complexity index is 542. The van der Waals surface area contributed by atoms with E-state index in [2.05, 4.69) is 4.72 Å². The Morgan fingerprint density at radius 1 is 1.35 bits per heavy atom. The van der Waals surface area contributed by atoms with Crippen LogP contribution in [0.3, 0.4) is 0 Å². The third-order valence-corrected chi connectivity index (χ3v) is 3.81. The van der Waals surface area contributed by atoms with Crippen LogP contribution >= 0.6 is 0 Å². The van der Waals surface area contributed by atoms with Gasteiger partial charge in [-0.25, -0.2) is 8.42 Å². The largest absolute Gasteiger partial charge is 0.217 e. The molecule has 1 rings (SSSR count). The van der Waals surface area contributed by atoms with Crippen molar-refractivity contribution >= 4 is 10.0 Å². The summed E-state index contributed by atoms with van der Waals surface area (Å²) in [5.41, 5.74) is 0.586. The number of aryl methyl sites for hydroxylation is 1. The molecule has 5 heteroatoms. The molecule has 0 radical (unpaired) electrons. The average Bonchev–Trinajstić information content (AvgIpc) is 2.20. The molecule has 1 N–H and O–H groups in total. The van der Waals surface area contributed by atoms with E-state index in [4.69, 9.17) is 5.26 Å². The predicted octanol–water partition coefficient (Wildman–Crippen LogP) is 1.72. The summed E-state index contributed by atoms with van der Waals surface area (Å²) in [5, 5.41) is 8.80. The molecule has 0 heterocycles. The Morgan fingerprint density at radius 3 is 2.47 bits per heavy atom. The molecular formula is C12H16N2O2S. The summed E-state index contributed by atoms with van der Waals surface area (Å²) in [4.78, 5) is 0. The van der Waals surface area contributed by atoms with Crippen molar-refractivity contribution in [2.75, 3.05) is 0 Å². The molecule has 1 aromatic rings. The van der Waals surface area contributed by atoms with E-state index in [1.54, 1.807) is 12.1 Å². The van der Waals surface area contributed by atoms with Gasteiger partial charge in [-0.3, -0.25) is 0 Å². The van der Waals surface area contributed by atoms with Crippen LogP contribution in [0.4, 0.5) is 0 Å². The highest BCUT2D eigenvalue weighted by Gasteiger charge is 2.24. The summed E-state index contributed by atoms with van der Waals surface area (Å²) in [5.74, 6) is -0.106. The Kier molecular flexibility index (Phi) is 3.91. The minimum Gasteiger partial charge on any atom is -0.212 e. The van der Waals surface area contributed by atoms with Crippen LogP contribution in [0.25, 0.3) is 0 Å². The van der Waals surface area contributed by atoms with E-state index in [1.165, 1.54) is 13.8 Å². The van der Waals surface area contributed by atoms with E-state index >= 15 is 0 Å². The zero-order valence-corrected chi connectivity index (χ0v) is 11.0. The Hall–Kier alpha value is -1.38. The van der Waals surface area contributed by atoms with Crippen LogP contribution in [0.2, 0.25) is 0 Å². The first-order chi connectivity index (χ1) is 7.76. The standard InChI is InChI=1S/C12H16N2O2S/c1-10-6-4-5-7-11(10)8-17(15,16)14-12(2,3)9-13/h4-7,14H,8H2,1-3H3. The van der Waals surface area contributed by atoms with E-state index in [-0.39, 0.29) is 5.75 Å². The summed E-state index contributed by atoms with van der Waals surface area (Å²) in [6, 6.07) is 9.20. The topological polar surface area (TPSA) is 70.0 Å². The molecule has 0 bridgehead atoms. The molecule has 0 saturated carbocycles. The maximum atomic E-state index is 11.9. The summed E-state index contributed by atoms with van der Waals surface area (Å²) >= 11 is 0.